The van der Waals surface area contributed by atoms with Crippen LogP contribution in [0, 0.1) is 0 Å². The lowest BCUT2D eigenvalue weighted by atomic mass is 9.89. The summed E-state index contributed by atoms with van der Waals surface area (Å²) in [6, 6.07) is 0. The fourth-order valence-electron chi connectivity index (χ4n) is 3.94. The van der Waals surface area contributed by atoms with E-state index in [1.165, 1.54) is 34.8 Å². The maximum atomic E-state index is 5.59. The highest BCUT2D eigenvalue weighted by atomic mass is 32.1. The Morgan fingerprint density at radius 1 is 1.22 bits per heavy atom. The first-order chi connectivity index (χ1) is 13.0. The van der Waals surface area contributed by atoms with Crippen molar-refractivity contribution in [3.05, 3.63) is 15.6 Å². The van der Waals surface area contributed by atoms with Crippen LogP contribution in [0.5, 0.6) is 0 Å². The van der Waals surface area contributed by atoms with Crippen LogP contribution in [-0.4, -0.2) is 73.7 Å². The molecule has 1 aliphatic carbocycles. The highest BCUT2D eigenvalue weighted by Gasteiger charge is 2.34. The molecule has 3 rings (SSSR count). The summed E-state index contributed by atoms with van der Waals surface area (Å²) in [4.78, 5) is 16.0. The molecule has 1 N–H and O–H groups in total. The average Bonchev–Trinajstić information content (AvgIpc) is 3.07. The number of fused-ring (bicyclic) bond motifs is 1. The highest BCUT2D eigenvalue weighted by Crippen LogP contribution is 2.28. The lowest BCUT2D eigenvalue weighted by Gasteiger charge is -2.42. The average molecular weight is 394 g/mol. The number of hydrogen-bond acceptors (Lipinski definition) is 5. The molecule has 1 saturated heterocycles. The van der Waals surface area contributed by atoms with Crippen LogP contribution < -0.4 is 5.32 Å². The molecular weight excluding hydrogens is 358 g/mol. The Labute approximate surface area is 168 Å². The third-order valence-corrected chi connectivity index (χ3v) is 7.00. The van der Waals surface area contributed by atoms with Gasteiger partial charge < -0.3 is 19.9 Å². The first-order valence-corrected chi connectivity index (χ1v) is 11.1. The van der Waals surface area contributed by atoms with Crippen LogP contribution in [0.15, 0.2) is 4.99 Å². The zero-order valence-corrected chi connectivity index (χ0v) is 18.2. The Morgan fingerprint density at radius 2 is 1.96 bits per heavy atom. The molecule has 2 heterocycles. The maximum absolute atomic E-state index is 5.59. The number of nitrogens with one attached hydrogen (secondary N) is 1. The van der Waals surface area contributed by atoms with Crippen LogP contribution in [0.2, 0.25) is 0 Å². The van der Waals surface area contributed by atoms with Crippen LogP contribution in [-0.2, 0) is 24.1 Å². The normalized spacial score (nSPS) is 19.8. The minimum absolute atomic E-state index is 0.0973. The van der Waals surface area contributed by atoms with Gasteiger partial charge in [-0.1, -0.05) is 0 Å². The van der Waals surface area contributed by atoms with E-state index in [2.05, 4.69) is 43.2 Å². The Kier molecular flexibility index (Phi) is 7.11. The molecule has 0 spiro atoms. The quantitative estimate of drug-likeness (QED) is 0.595. The van der Waals surface area contributed by atoms with E-state index in [-0.39, 0.29) is 5.54 Å². The highest BCUT2D eigenvalue weighted by molar-refractivity contribution is 7.11. The number of aryl methyl sites for hydroxylation is 2. The van der Waals surface area contributed by atoms with Crippen molar-refractivity contribution in [2.24, 2.45) is 4.99 Å². The number of hydrogen-bond donors (Lipinski definition) is 1. The molecule has 0 atom stereocenters. The Balaban J connectivity index is 1.69. The summed E-state index contributed by atoms with van der Waals surface area (Å²) in [7, 11) is 6.45. The second kappa shape index (κ2) is 9.34. The van der Waals surface area contributed by atoms with Gasteiger partial charge >= 0.3 is 0 Å². The van der Waals surface area contributed by atoms with Crippen LogP contribution in [0.25, 0.3) is 0 Å². The molecule has 1 aliphatic heterocycles. The summed E-state index contributed by atoms with van der Waals surface area (Å²) in [5.74, 6) is 0.971. The number of thiazole rings is 1. The lowest BCUT2D eigenvalue weighted by molar-refractivity contribution is -0.00262. The van der Waals surface area contributed by atoms with Gasteiger partial charge in [0.25, 0.3) is 0 Å². The summed E-state index contributed by atoms with van der Waals surface area (Å²) in [6.45, 7) is 6.26. The van der Waals surface area contributed by atoms with Crippen molar-refractivity contribution in [2.45, 2.75) is 57.5 Å². The fraction of sp³-hybridized carbons (Fsp3) is 0.800. The number of rotatable bonds is 6. The monoisotopic (exact) mass is 393 g/mol. The fourth-order valence-corrected chi connectivity index (χ4v) is 5.15. The van der Waals surface area contributed by atoms with Gasteiger partial charge in [0.15, 0.2) is 5.96 Å². The molecule has 0 aromatic carbocycles. The summed E-state index contributed by atoms with van der Waals surface area (Å²) in [5.41, 5.74) is 1.44. The van der Waals surface area contributed by atoms with Crippen LogP contribution in [0.3, 0.4) is 0 Å². The van der Waals surface area contributed by atoms with Crippen LogP contribution in [0.4, 0.5) is 0 Å². The van der Waals surface area contributed by atoms with Gasteiger partial charge in [-0.15, -0.1) is 11.3 Å². The molecule has 0 unspecified atom stereocenters. The predicted octanol–water partition coefficient (Wildman–Crippen LogP) is 2.53. The molecule has 0 radical (unpaired) electrons. The van der Waals surface area contributed by atoms with E-state index in [9.17, 15) is 0 Å². The summed E-state index contributed by atoms with van der Waals surface area (Å²) in [5, 5.41) is 4.67. The minimum Gasteiger partial charge on any atom is -0.381 e. The van der Waals surface area contributed by atoms with E-state index in [4.69, 9.17) is 14.7 Å². The standard InChI is InChI=1S/C20H35N5OS/c1-5-21-19(22-15-20(24(2)3)10-12-26-13-11-20)25(4)14-18-23-16-8-6-7-9-17(16)27-18/h5-15H2,1-4H3,(H,21,22). The van der Waals surface area contributed by atoms with E-state index in [1.54, 1.807) is 0 Å². The molecule has 0 bridgehead atoms. The van der Waals surface area contributed by atoms with Gasteiger partial charge in [-0.3, -0.25) is 4.99 Å². The van der Waals surface area contributed by atoms with Gasteiger partial charge in [-0.05, 0) is 59.5 Å². The number of aliphatic imine (C=N–C) groups is 1. The van der Waals surface area contributed by atoms with E-state index in [0.717, 1.165) is 58.1 Å². The number of likely N-dealkylation sites (N-methyl/N-ethyl adjacent to an activating group) is 1. The van der Waals surface area contributed by atoms with E-state index in [1.807, 2.05) is 11.3 Å². The third kappa shape index (κ3) is 5.00. The molecule has 7 heteroatoms. The SMILES string of the molecule is CCNC(=NCC1(N(C)C)CCOCC1)N(C)Cc1nc2c(s1)CCCC2. The third-order valence-electron chi connectivity index (χ3n) is 5.85. The van der Waals surface area contributed by atoms with Crippen molar-refractivity contribution in [2.75, 3.05) is 47.4 Å². The smallest absolute Gasteiger partial charge is 0.194 e. The summed E-state index contributed by atoms with van der Waals surface area (Å²) in [6.07, 6.45) is 7.02. The van der Waals surface area contributed by atoms with Gasteiger partial charge in [-0.25, -0.2) is 4.98 Å². The molecule has 1 fully saturated rings. The van der Waals surface area contributed by atoms with Crippen molar-refractivity contribution in [3.63, 3.8) is 0 Å². The van der Waals surface area contributed by atoms with Gasteiger partial charge in [0.1, 0.15) is 5.01 Å². The van der Waals surface area contributed by atoms with Crippen molar-refractivity contribution in [3.8, 4) is 0 Å². The Hall–Kier alpha value is -1.18. The van der Waals surface area contributed by atoms with Gasteiger partial charge in [0.05, 0.1) is 18.8 Å². The van der Waals surface area contributed by atoms with Crippen molar-refractivity contribution in [1.29, 1.82) is 0 Å². The molecule has 0 saturated carbocycles. The number of nitrogens with zero attached hydrogens (tertiary/aromatic N) is 4. The topological polar surface area (TPSA) is 53.0 Å². The lowest BCUT2D eigenvalue weighted by Crippen LogP contribution is -2.51. The van der Waals surface area contributed by atoms with Crippen molar-refractivity contribution in [1.82, 2.24) is 20.1 Å². The van der Waals surface area contributed by atoms with Gasteiger partial charge in [-0.2, -0.15) is 0 Å². The van der Waals surface area contributed by atoms with Gasteiger partial charge in [0.2, 0.25) is 0 Å². The predicted molar refractivity (Wildman–Crippen MR) is 113 cm³/mol. The molecule has 27 heavy (non-hydrogen) atoms. The second-order valence-electron chi connectivity index (χ2n) is 7.94. The summed E-state index contributed by atoms with van der Waals surface area (Å²) < 4.78 is 5.59. The maximum Gasteiger partial charge on any atom is 0.194 e. The molecular formula is C20H35N5OS. The summed E-state index contributed by atoms with van der Waals surface area (Å²) >= 11 is 1.89. The van der Waals surface area contributed by atoms with E-state index < -0.39 is 0 Å². The molecule has 2 aliphatic rings. The van der Waals surface area contributed by atoms with Crippen molar-refractivity contribution < 1.29 is 4.74 Å². The van der Waals surface area contributed by atoms with E-state index >= 15 is 0 Å². The molecule has 152 valence electrons. The zero-order valence-electron chi connectivity index (χ0n) is 17.4. The zero-order chi connectivity index (χ0) is 19.3. The van der Waals surface area contributed by atoms with E-state index in [0.29, 0.717) is 0 Å². The first-order valence-electron chi connectivity index (χ1n) is 10.3. The Morgan fingerprint density at radius 3 is 2.63 bits per heavy atom. The van der Waals surface area contributed by atoms with Gasteiger partial charge in [0, 0.05) is 37.2 Å². The van der Waals surface area contributed by atoms with Crippen LogP contribution in [0.1, 0.15) is 48.2 Å². The minimum atomic E-state index is 0.0973. The first kappa shape index (κ1) is 20.6. The molecule has 1 aromatic rings. The molecule has 1 aromatic heterocycles. The van der Waals surface area contributed by atoms with Crippen molar-refractivity contribution >= 4 is 17.3 Å². The number of guanidine groups is 1. The molecule has 0 amide bonds. The largest absolute Gasteiger partial charge is 0.381 e. The number of aromatic nitrogens is 1. The second-order valence-corrected chi connectivity index (χ2v) is 9.11. The number of ether oxygens (including phenoxy) is 1. The van der Waals surface area contributed by atoms with Crippen LogP contribution >= 0.6 is 11.3 Å². The molecule has 6 nitrogen and oxygen atoms in total. The Bertz CT molecular complexity index is 613.